The fraction of sp³-hybridized carbons (Fsp3) is 0.867. The highest BCUT2D eigenvalue weighted by Crippen LogP contribution is 2.64. The first-order chi connectivity index (χ1) is 8.63. The maximum Gasteiger partial charge on any atom is 0.253 e. The standard InChI is InChI=1S/C15H27O2P/c1-13(2)17-18(16,14-9-5-3-6-10-14)15-11-7-4-8-12-15/h14-15H,1,3-12H2,2H3. The van der Waals surface area contributed by atoms with Crippen molar-refractivity contribution in [2.75, 3.05) is 0 Å². The van der Waals surface area contributed by atoms with Crippen LogP contribution in [0.1, 0.15) is 71.1 Å². The Morgan fingerprint density at radius 1 is 0.944 bits per heavy atom. The molecule has 104 valence electrons. The molecule has 0 saturated heterocycles. The molecule has 2 nitrogen and oxygen atoms in total. The minimum absolute atomic E-state index is 0.311. The van der Waals surface area contributed by atoms with Gasteiger partial charge < -0.3 is 4.52 Å². The van der Waals surface area contributed by atoms with Gasteiger partial charge in [0.2, 0.25) is 0 Å². The molecule has 0 amide bonds. The molecule has 18 heavy (non-hydrogen) atoms. The van der Waals surface area contributed by atoms with Crippen LogP contribution in [-0.4, -0.2) is 11.3 Å². The summed E-state index contributed by atoms with van der Waals surface area (Å²) in [5, 5.41) is 0. The van der Waals surface area contributed by atoms with Gasteiger partial charge in [-0.05, 0) is 32.6 Å². The van der Waals surface area contributed by atoms with Gasteiger partial charge in [0.25, 0.3) is 7.37 Å². The molecule has 0 unspecified atom stereocenters. The summed E-state index contributed by atoms with van der Waals surface area (Å²) in [6.45, 7) is 5.68. The Bertz CT molecular complexity index is 303. The SMILES string of the molecule is C=C(C)OP(=O)(C1CCCCC1)C1CCCCC1. The van der Waals surface area contributed by atoms with Crippen molar-refractivity contribution in [1.82, 2.24) is 0 Å². The minimum atomic E-state index is -2.53. The Hall–Kier alpha value is -0.230. The molecule has 0 aromatic heterocycles. The van der Waals surface area contributed by atoms with Gasteiger partial charge in [0.1, 0.15) is 0 Å². The van der Waals surface area contributed by atoms with Crippen LogP contribution in [0.5, 0.6) is 0 Å². The zero-order valence-corrected chi connectivity index (χ0v) is 12.6. The fourth-order valence-electron chi connectivity index (χ4n) is 3.57. The summed E-state index contributed by atoms with van der Waals surface area (Å²) in [6.07, 6.45) is 11.9. The lowest BCUT2D eigenvalue weighted by Crippen LogP contribution is -2.24. The monoisotopic (exact) mass is 270 g/mol. The van der Waals surface area contributed by atoms with Crippen LogP contribution in [0, 0.1) is 0 Å². The van der Waals surface area contributed by atoms with E-state index < -0.39 is 7.37 Å². The first-order valence-corrected chi connectivity index (χ1v) is 9.34. The molecule has 0 aromatic carbocycles. The normalized spacial score (nSPS) is 23.8. The summed E-state index contributed by atoms with van der Waals surface area (Å²) in [5.74, 6) is 0.648. The number of hydrogen-bond acceptors (Lipinski definition) is 2. The molecule has 0 aromatic rings. The second-order valence-electron chi connectivity index (χ2n) is 6.02. The van der Waals surface area contributed by atoms with Gasteiger partial charge in [0.15, 0.2) is 0 Å². The Labute approximate surface area is 112 Å². The summed E-state index contributed by atoms with van der Waals surface area (Å²) in [6, 6.07) is 0. The highest BCUT2D eigenvalue weighted by atomic mass is 31.2. The molecular weight excluding hydrogens is 243 g/mol. The molecule has 0 aliphatic heterocycles. The van der Waals surface area contributed by atoms with Gasteiger partial charge in [-0.25, -0.2) is 0 Å². The molecule has 2 saturated carbocycles. The molecule has 0 heterocycles. The van der Waals surface area contributed by atoms with Crippen LogP contribution in [0.15, 0.2) is 12.3 Å². The van der Waals surface area contributed by atoms with E-state index in [1.807, 2.05) is 6.92 Å². The summed E-state index contributed by atoms with van der Waals surface area (Å²) in [5.41, 5.74) is 0.622. The molecular formula is C15H27O2P. The minimum Gasteiger partial charge on any atom is -0.448 e. The Morgan fingerprint density at radius 2 is 1.33 bits per heavy atom. The van der Waals surface area contributed by atoms with E-state index in [4.69, 9.17) is 4.52 Å². The van der Waals surface area contributed by atoms with Gasteiger partial charge >= 0.3 is 0 Å². The van der Waals surface area contributed by atoms with Crippen LogP contribution in [0.3, 0.4) is 0 Å². The van der Waals surface area contributed by atoms with Crippen molar-refractivity contribution in [3.63, 3.8) is 0 Å². The lowest BCUT2D eigenvalue weighted by Gasteiger charge is -2.37. The van der Waals surface area contributed by atoms with Gasteiger partial charge in [-0.3, -0.25) is 4.57 Å². The van der Waals surface area contributed by atoms with E-state index in [1.54, 1.807) is 0 Å². The maximum absolute atomic E-state index is 13.5. The van der Waals surface area contributed by atoms with E-state index >= 15 is 0 Å². The molecule has 2 rings (SSSR count). The smallest absolute Gasteiger partial charge is 0.253 e. The molecule has 3 heteroatoms. The third-order valence-electron chi connectivity index (χ3n) is 4.47. The molecule has 0 atom stereocenters. The van der Waals surface area contributed by atoms with Gasteiger partial charge in [-0.1, -0.05) is 45.1 Å². The van der Waals surface area contributed by atoms with Crippen LogP contribution < -0.4 is 0 Å². The Kier molecular flexibility index (Phi) is 4.95. The van der Waals surface area contributed by atoms with Gasteiger partial charge in [-0.15, -0.1) is 0 Å². The fourth-order valence-corrected chi connectivity index (χ4v) is 7.12. The first-order valence-electron chi connectivity index (χ1n) is 7.57. The molecule has 2 aliphatic carbocycles. The number of rotatable bonds is 4. The van der Waals surface area contributed by atoms with Crippen molar-refractivity contribution in [1.29, 1.82) is 0 Å². The van der Waals surface area contributed by atoms with Crippen molar-refractivity contribution in [3.8, 4) is 0 Å². The zero-order valence-electron chi connectivity index (χ0n) is 11.7. The molecule has 2 fully saturated rings. The van der Waals surface area contributed by atoms with Crippen LogP contribution in [0.4, 0.5) is 0 Å². The predicted molar refractivity (Wildman–Crippen MR) is 77.3 cm³/mol. The Balaban J connectivity index is 2.14. The van der Waals surface area contributed by atoms with Crippen LogP contribution in [0.2, 0.25) is 0 Å². The van der Waals surface area contributed by atoms with Crippen LogP contribution in [-0.2, 0) is 9.09 Å². The Morgan fingerprint density at radius 3 is 1.67 bits per heavy atom. The van der Waals surface area contributed by atoms with Crippen LogP contribution in [0.25, 0.3) is 0 Å². The predicted octanol–water partition coefficient (Wildman–Crippen LogP) is 5.48. The van der Waals surface area contributed by atoms with Crippen molar-refractivity contribution in [2.45, 2.75) is 82.4 Å². The van der Waals surface area contributed by atoms with Gasteiger partial charge in [0, 0.05) is 11.3 Å². The highest BCUT2D eigenvalue weighted by molar-refractivity contribution is 7.60. The van der Waals surface area contributed by atoms with E-state index in [0.717, 1.165) is 25.7 Å². The first kappa shape index (κ1) is 14.2. The number of allylic oxidation sites excluding steroid dienone is 1. The molecule has 0 spiro atoms. The summed E-state index contributed by atoms with van der Waals surface area (Å²) in [4.78, 5) is 0. The van der Waals surface area contributed by atoms with E-state index in [0.29, 0.717) is 17.1 Å². The van der Waals surface area contributed by atoms with Gasteiger partial charge in [0.05, 0.1) is 5.76 Å². The molecule has 0 radical (unpaired) electrons. The third-order valence-corrected chi connectivity index (χ3v) is 8.13. The quantitative estimate of drug-likeness (QED) is 0.499. The second-order valence-corrected chi connectivity index (χ2v) is 8.96. The maximum atomic E-state index is 13.5. The topological polar surface area (TPSA) is 26.3 Å². The lowest BCUT2D eigenvalue weighted by atomic mass is 10.00. The van der Waals surface area contributed by atoms with E-state index in [2.05, 4.69) is 6.58 Å². The summed E-state index contributed by atoms with van der Waals surface area (Å²) in [7, 11) is -2.53. The summed E-state index contributed by atoms with van der Waals surface area (Å²) >= 11 is 0. The zero-order chi connectivity index (χ0) is 13.0. The van der Waals surface area contributed by atoms with E-state index in [9.17, 15) is 4.57 Å². The van der Waals surface area contributed by atoms with E-state index in [-0.39, 0.29) is 0 Å². The molecule has 0 bridgehead atoms. The average Bonchev–Trinajstić information content (AvgIpc) is 2.40. The number of hydrogen-bond donors (Lipinski definition) is 0. The third kappa shape index (κ3) is 3.20. The van der Waals surface area contributed by atoms with Crippen molar-refractivity contribution in [3.05, 3.63) is 12.3 Å². The molecule has 2 aliphatic rings. The van der Waals surface area contributed by atoms with Crippen LogP contribution >= 0.6 is 7.37 Å². The highest BCUT2D eigenvalue weighted by Gasteiger charge is 2.43. The molecule has 0 N–H and O–H groups in total. The van der Waals surface area contributed by atoms with E-state index in [1.165, 1.54) is 38.5 Å². The largest absolute Gasteiger partial charge is 0.448 e. The average molecular weight is 270 g/mol. The van der Waals surface area contributed by atoms with Gasteiger partial charge in [-0.2, -0.15) is 0 Å². The van der Waals surface area contributed by atoms with Crippen molar-refractivity contribution < 1.29 is 9.09 Å². The van der Waals surface area contributed by atoms with Crippen molar-refractivity contribution in [2.24, 2.45) is 0 Å². The summed E-state index contributed by atoms with van der Waals surface area (Å²) < 4.78 is 19.3. The second kappa shape index (κ2) is 6.28. The van der Waals surface area contributed by atoms with Crippen molar-refractivity contribution >= 4 is 7.37 Å². The lowest BCUT2D eigenvalue weighted by molar-refractivity contribution is 0.347.